The minimum absolute atomic E-state index is 0.270. The third-order valence-electron chi connectivity index (χ3n) is 3.34. The maximum atomic E-state index is 11.1. The predicted molar refractivity (Wildman–Crippen MR) is 68.0 cm³/mol. The Kier molecular flexibility index (Phi) is 3.79. The summed E-state index contributed by atoms with van der Waals surface area (Å²) in [4.78, 5) is 24.9. The maximum absolute atomic E-state index is 11.1. The number of nitro groups is 1. The molecule has 2 N–H and O–H groups in total. The van der Waals surface area contributed by atoms with Gasteiger partial charge in [-0.2, -0.15) is 5.26 Å². The second-order valence-electron chi connectivity index (χ2n) is 4.56. The first-order valence-corrected chi connectivity index (χ1v) is 6.08. The van der Waals surface area contributed by atoms with Gasteiger partial charge in [-0.15, -0.1) is 0 Å². The normalized spacial score (nSPS) is 21.1. The Hall–Kier alpha value is -2.69. The molecule has 2 atom stereocenters. The first-order valence-electron chi connectivity index (χ1n) is 6.08. The van der Waals surface area contributed by atoms with Gasteiger partial charge < -0.3 is 10.4 Å². The number of nitrogens with zero attached hydrogens (tertiary/aromatic N) is 3. The van der Waals surface area contributed by atoms with Gasteiger partial charge >= 0.3 is 11.7 Å². The van der Waals surface area contributed by atoms with Crippen molar-refractivity contribution in [3.63, 3.8) is 0 Å². The van der Waals surface area contributed by atoms with E-state index in [1.807, 2.05) is 0 Å². The van der Waals surface area contributed by atoms with E-state index in [4.69, 9.17) is 10.4 Å². The Labute approximate surface area is 114 Å². The largest absolute Gasteiger partial charge is 0.481 e. The Bertz CT molecular complexity index is 596. The molecule has 1 aromatic heterocycles. The Morgan fingerprint density at radius 2 is 2.30 bits per heavy atom. The molecular weight excluding hydrogens is 264 g/mol. The quantitative estimate of drug-likeness (QED) is 0.629. The summed E-state index contributed by atoms with van der Waals surface area (Å²) in [5, 5.41) is 31.6. The fourth-order valence-electron chi connectivity index (χ4n) is 2.38. The molecule has 8 heteroatoms. The van der Waals surface area contributed by atoms with E-state index in [1.165, 1.54) is 12.1 Å². The molecule has 0 amide bonds. The topological polar surface area (TPSA) is 129 Å². The number of anilines is 1. The van der Waals surface area contributed by atoms with E-state index in [0.29, 0.717) is 12.8 Å². The van der Waals surface area contributed by atoms with E-state index in [1.54, 1.807) is 6.07 Å². The third-order valence-corrected chi connectivity index (χ3v) is 3.34. The number of pyridine rings is 1. The van der Waals surface area contributed by atoms with Gasteiger partial charge in [0.1, 0.15) is 11.9 Å². The third kappa shape index (κ3) is 2.66. The summed E-state index contributed by atoms with van der Waals surface area (Å²) in [5.74, 6) is -1.09. The van der Waals surface area contributed by atoms with Crippen molar-refractivity contribution >= 4 is 17.5 Å². The minimum Gasteiger partial charge on any atom is -0.481 e. The van der Waals surface area contributed by atoms with Gasteiger partial charge in [-0.3, -0.25) is 14.9 Å². The summed E-state index contributed by atoms with van der Waals surface area (Å²) in [6.07, 6.45) is 2.08. The van der Waals surface area contributed by atoms with Crippen LogP contribution >= 0.6 is 0 Å². The number of aromatic nitrogens is 1. The van der Waals surface area contributed by atoms with Gasteiger partial charge in [-0.05, 0) is 18.9 Å². The number of aliphatic carboxylic acids is 1. The van der Waals surface area contributed by atoms with Crippen LogP contribution in [0.1, 0.15) is 25.0 Å². The summed E-state index contributed by atoms with van der Waals surface area (Å²) in [6, 6.07) is 3.97. The first kappa shape index (κ1) is 13.7. The highest BCUT2D eigenvalue weighted by molar-refractivity contribution is 5.72. The molecular formula is C12H12N4O4. The highest BCUT2D eigenvalue weighted by atomic mass is 16.6. The Morgan fingerprint density at radius 3 is 2.90 bits per heavy atom. The van der Waals surface area contributed by atoms with E-state index in [-0.39, 0.29) is 23.2 Å². The first-order chi connectivity index (χ1) is 9.52. The van der Waals surface area contributed by atoms with Crippen LogP contribution in [-0.2, 0) is 4.79 Å². The lowest BCUT2D eigenvalue weighted by molar-refractivity contribution is -0.385. The smallest absolute Gasteiger partial charge is 0.308 e. The van der Waals surface area contributed by atoms with Crippen LogP contribution in [-0.4, -0.2) is 27.0 Å². The molecule has 0 saturated heterocycles. The molecule has 2 unspecified atom stereocenters. The standard InChI is InChI=1S/C12H12N4O4/c13-6-9-10(16(19)20)4-5-11(15-9)14-8-3-1-2-7(8)12(17)18/h4-5,7-8H,1-3H2,(H,14,15)(H,17,18). The number of rotatable bonds is 4. The van der Waals surface area contributed by atoms with Gasteiger partial charge in [-0.25, -0.2) is 4.98 Å². The second-order valence-corrected chi connectivity index (χ2v) is 4.56. The van der Waals surface area contributed by atoms with Crippen molar-refractivity contribution in [3.05, 3.63) is 27.9 Å². The molecule has 20 heavy (non-hydrogen) atoms. The molecule has 0 bridgehead atoms. The van der Waals surface area contributed by atoms with Crippen molar-refractivity contribution < 1.29 is 14.8 Å². The fourth-order valence-corrected chi connectivity index (χ4v) is 2.38. The molecule has 1 fully saturated rings. The summed E-state index contributed by atoms with van der Waals surface area (Å²) >= 11 is 0. The van der Waals surface area contributed by atoms with Gasteiger partial charge in [0.2, 0.25) is 5.69 Å². The lowest BCUT2D eigenvalue weighted by atomic mass is 10.0. The van der Waals surface area contributed by atoms with E-state index in [9.17, 15) is 14.9 Å². The predicted octanol–water partition coefficient (Wildman–Crippen LogP) is 1.53. The molecule has 104 valence electrons. The monoisotopic (exact) mass is 276 g/mol. The average molecular weight is 276 g/mol. The number of hydrogen-bond acceptors (Lipinski definition) is 6. The van der Waals surface area contributed by atoms with E-state index in [2.05, 4.69) is 10.3 Å². The molecule has 1 heterocycles. The van der Waals surface area contributed by atoms with Crippen LogP contribution in [0.15, 0.2) is 12.1 Å². The van der Waals surface area contributed by atoms with E-state index >= 15 is 0 Å². The zero-order chi connectivity index (χ0) is 14.7. The summed E-state index contributed by atoms with van der Waals surface area (Å²) in [5.41, 5.74) is -0.649. The second kappa shape index (κ2) is 5.52. The van der Waals surface area contributed by atoms with Crippen LogP contribution in [0.4, 0.5) is 11.5 Å². The average Bonchev–Trinajstić information content (AvgIpc) is 2.86. The van der Waals surface area contributed by atoms with E-state index in [0.717, 1.165) is 6.42 Å². The molecule has 1 aliphatic rings. The van der Waals surface area contributed by atoms with Crippen LogP contribution in [0.3, 0.4) is 0 Å². The molecule has 1 saturated carbocycles. The Balaban J connectivity index is 2.20. The van der Waals surface area contributed by atoms with E-state index < -0.39 is 16.8 Å². The maximum Gasteiger partial charge on any atom is 0.308 e. The van der Waals surface area contributed by atoms with Crippen LogP contribution in [0.2, 0.25) is 0 Å². The lowest BCUT2D eigenvalue weighted by Gasteiger charge is -2.18. The number of hydrogen-bond donors (Lipinski definition) is 2. The summed E-state index contributed by atoms with van der Waals surface area (Å²) in [6.45, 7) is 0. The van der Waals surface area contributed by atoms with Crippen molar-refractivity contribution in [3.8, 4) is 6.07 Å². The van der Waals surface area contributed by atoms with Crippen molar-refractivity contribution in [2.45, 2.75) is 25.3 Å². The molecule has 1 aromatic rings. The number of carboxylic acids is 1. The van der Waals surface area contributed by atoms with Gasteiger partial charge in [0, 0.05) is 12.1 Å². The lowest BCUT2D eigenvalue weighted by Crippen LogP contribution is -2.30. The molecule has 0 aromatic carbocycles. The highest BCUT2D eigenvalue weighted by Gasteiger charge is 2.33. The van der Waals surface area contributed by atoms with Gasteiger partial charge in [0.15, 0.2) is 0 Å². The van der Waals surface area contributed by atoms with Crippen LogP contribution in [0.5, 0.6) is 0 Å². The van der Waals surface area contributed by atoms with Crippen LogP contribution in [0.25, 0.3) is 0 Å². The zero-order valence-electron chi connectivity index (χ0n) is 10.4. The van der Waals surface area contributed by atoms with Crippen LogP contribution < -0.4 is 5.32 Å². The summed E-state index contributed by atoms with van der Waals surface area (Å²) in [7, 11) is 0. The number of carboxylic acid groups (broad SMARTS) is 1. The number of carbonyl (C=O) groups is 1. The zero-order valence-corrected chi connectivity index (χ0v) is 10.4. The molecule has 1 aliphatic carbocycles. The summed E-state index contributed by atoms with van der Waals surface area (Å²) < 4.78 is 0. The highest BCUT2D eigenvalue weighted by Crippen LogP contribution is 2.29. The SMILES string of the molecule is N#Cc1nc(NC2CCCC2C(=O)O)ccc1[N+](=O)[O-]. The fraction of sp³-hybridized carbons (Fsp3) is 0.417. The van der Waals surface area contributed by atoms with Crippen molar-refractivity contribution in [1.82, 2.24) is 4.98 Å². The molecule has 0 radical (unpaired) electrons. The van der Waals surface area contributed by atoms with Gasteiger partial charge in [-0.1, -0.05) is 6.42 Å². The van der Waals surface area contributed by atoms with Gasteiger partial charge in [0.05, 0.1) is 10.8 Å². The molecule has 0 spiro atoms. The molecule has 0 aliphatic heterocycles. The Morgan fingerprint density at radius 1 is 1.55 bits per heavy atom. The van der Waals surface area contributed by atoms with Crippen LogP contribution in [0, 0.1) is 27.4 Å². The van der Waals surface area contributed by atoms with Crippen molar-refractivity contribution in [2.24, 2.45) is 5.92 Å². The number of nitrogens with one attached hydrogen (secondary N) is 1. The number of nitriles is 1. The van der Waals surface area contributed by atoms with Gasteiger partial charge in [0.25, 0.3) is 0 Å². The molecule has 8 nitrogen and oxygen atoms in total. The van der Waals surface area contributed by atoms with Crippen molar-refractivity contribution in [1.29, 1.82) is 5.26 Å². The molecule has 2 rings (SSSR count). The van der Waals surface area contributed by atoms with Crippen molar-refractivity contribution in [2.75, 3.05) is 5.32 Å². The minimum atomic E-state index is -0.873.